The number of oxime groups is 1. The molecule has 0 fully saturated rings. The highest BCUT2D eigenvalue weighted by molar-refractivity contribution is 6.28. The van der Waals surface area contributed by atoms with E-state index < -0.39 is 37.7 Å². The molecule has 0 aliphatic heterocycles. The van der Waals surface area contributed by atoms with Crippen LogP contribution in [-0.4, -0.2) is 49.6 Å². The number of nitro benzene ring substituents is 3. The van der Waals surface area contributed by atoms with Crippen LogP contribution in [0, 0.1) is 30.3 Å². The fourth-order valence-corrected chi connectivity index (χ4v) is 4.10. The lowest BCUT2D eigenvalue weighted by molar-refractivity contribution is -0.393. The van der Waals surface area contributed by atoms with Gasteiger partial charge in [-0.05, 0) is 12.8 Å². The van der Waals surface area contributed by atoms with Crippen molar-refractivity contribution in [2.45, 2.75) is 39.5 Å². The number of non-ortho nitro benzene ring substituents is 2. The average Bonchev–Trinajstić information content (AvgIpc) is 3.15. The molecule has 3 rings (SSSR count). The molecular weight excluding hydrogens is 462 g/mol. The number of benzene rings is 2. The molecule has 13 nitrogen and oxygen atoms in total. The Kier molecular flexibility index (Phi) is 7.37. The summed E-state index contributed by atoms with van der Waals surface area (Å²) in [6, 6.07) is 3.83. The van der Waals surface area contributed by atoms with Gasteiger partial charge < -0.3 is 10.1 Å². The molecule has 184 valence electrons. The lowest BCUT2D eigenvalue weighted by atomic mass is 9.96. The molecule has 35 heavy (non-hydrogen) atoms. The van der Waals surface area contributed by atoms with Gasteiger partial charge in [0.2, 0.25) is 0 Å². The first-order valence-electron chi connectivity index (χ1n) is 11.0. The van der Waals surface area contributed by atoms with Crippen LogP contribution in [0.4, 0.5) is 17.1 Å². The van der Waals surface area contributed by atoms with Crippen LogP contribution in [0.15, 0.2) is 29.4 Å². The van der Waals surface area contributed by atoms with Crippen molar-refractivity contribution in [3.8, 4) is 11.1 Å². The van der Waals surface area contributed by atoms with Crippen molar-refractivity contribution in [3.05, 3.63) is 71.3 Å². The van der Waals surface area contributed by atoms with Gasteiger partial charge in [0.1, 0.15) is 5.71 Å². The minimum atomic E-state index is -0.836. The first-order chi connectivity index (χ1) is 16.7. The third kappa shape index (κ3) is 4.65. The normalized spacial score (nSPS) is 12.8. The zero-order chi connectivity index (χ0) is 25.9. The Hall–Kier alpha value is -4.42. The number of fused-ring (bicyclic) bond motifs is 3. The van der Waals surface area contributed by atoms with Gasteiger partial charge >= 0.3 is 0 Å². The summed E-state index contributed by atoms with van der Waals surface area (Å²) in [5, 5.41) is 47.8. The molecule has 0 bridgehead atoms. The summed E-state index contributed by atoms with van der Waals surface area (Å²) >= 11 is 0. The van der Waals surface area contributed by atoms with Crippen molar-refractivity contribution in [3.63, 3.8) is 0 Å². The number of hydrogen-bond donors (Lipinski definition) is 1. The molecule has 0 atom stereocenters. The van der Waals surface area contributed by atoms with Gasteiger partial charge in [0.25, 0.3) is 23.0 Å². The molecule has 2 aromatic carbocycles. The van der Waals surface area contributed by atoms with Gasteiger partial charge in [0.05, 0.1) is 32.0 Å². The highest BCUT2D eigenvalue weighted by atomic mass is 16.6. The molecule has 1 aliphatic rings. The average molecular weight is 485 g/mol. The first kappa shape index (κ1) is 25.2. The van der Waals surface area contributed by atoms with Gasteiger partial charge in [0.15, 0.2) is 0 Å². The molecule has 0 aromatic heterocycles. The number of carbonyl (C=O) groups is 1. The number of amides is 1. The molecule has 0 saturated heterocycles. The Morgan fingerprint density at radius 1 is 0.857 bits per heavy atom. The Bertz CT molecular complexity index is 1250. The molecule has 0 heterocycles. The second kappa shape index (κ2) is 10.2. The highest BCUT2D eigenvalue weighted by Crippen LogP contribution is 2.48. The molecule has 0 unspecified atom stereocenters. The fraction of sp³-hybridized carbons (Fsp3) is 0.364. The summed E-state index contributed by atoms with van der Waals surface area (Å²) in [6.45, 7) is 4.65. The Morgan fingerprint density at radius 3 is 1.83 bits per heavy atom. The highest BCUT2D eigenvalue weighted by Gasteiger charge is 2.40. The minimum Gasteiger partial charge on any atom is -0.410 e. The third-order valence-corrected chi connectivity index (χ3v) is 5.78. The van der Waals surface area contributed by atoms with Crippen LogP contribution in [-0.2, 0) is 0 Å². The zero-order valence-electron chi connectivity index (χ0n) is 19.1. The van der Waals surface area contributed by atoms with Gasteiger partial charge in [0, 0.05) is 48.0 Å². The summed E-state index contributed by atoms with van der Waals surface area (Å²) in [7, 11) is 0. The van der Waals surface area contributed by atoms with E-state index in [1.165, 1.54) is 4.90 Å². The summed E-state index contributed by atoms with van der Waals surface area (Å²) in [5.41, 5.74) is -2.71. The topological polar surface area (TPSA) is 182 Å². The van der Waals surface area contributed by atoms with E-state index in [0.29, 0.717) is 25.9 Å². The van der Waals surface area contributed by atoms with E-state index in [0.717, 1.165) is 37.1 Å². The number of nitrogens with zero attached hydrogens (tertiary/aromatic N) is 5. The molecular formula is C22H23N5O8. The number of rotatable bonds is 10. The van der Waals surface area contributed by atoms with Crippen molar-refractivity contribution in [1.29, 1.82) is 0 Å². The number of hydrogen-bond acceptors (Lipinski definition) is 9. The summed E-state index contributed by atoms with van der Waals surface area (Å²) < 4.78 is 0. The fourth-order valence-electron chi connectivity index (χ4n) is 4.10. The van der Waals surface area contributed by atoms with E-state index in [2.05, 4.69) is 5.16 Å². The first-order valence-corrected chi connectivity index (χ1v) is 11.0. The maximum Gasteiger partial charge on any atom is 0.284 e. The number of carbonyl (C=O) groups excluding carboxylic acids is 1. The standard InChI is InChI=1S/C22H23N5O8/c1-3-5-7-24(8-6-4-2)22(28)17-11-13(25(30)31)9-15-19(17)20-16(21(15)23-29)10-14(26(32)33)12-18(20)27(34)35/h9-12,29H,3-8H2,1-2H3/b23-21+. The molecule has 1 aliphatic carbocycles. The Labute approximate surface area is 199 Å². The minimum absolute atomic E-state index is 0.0250. The van der Waals surface area contributed by atoms with E-state index in [1.54, 1.807) is 0 Å². The van der Waals surface area contributed by atoms with Gasteiger partial charge in [-0.2, -0.15) is 0 Å². The predicted octanol–water partition coefficient (Wildman–Crippen LogP) is 4.66. The molecule has 0 spiro atoms. The van der Waals surface area contributed by atoms with Crippen LogP contribution in [0.5, 0.6) is 0 Å². The van der Waals surface area contributed by atoms with Gasteiger partial charge in [-0.3, -0.25) is 35.1 Å². The van der Waals surface area contributed by atoms with Gasteiger partial charge in [-0.25, -0.2) is 0 Å². The van der Waals surface area contributed by atoms with E-state index in [4.69, 9.17) is 0 Å². The molecule has 2 aromatic rings. The maximum atomic E-state index is 13.7. The van der Waals surface area contributed by atoms with E-state index in [9.17, 15) is 40.3 Å². The van der Waals surface area contributed by atoms with Crippen molar-refractivity contribution < 1.29 is 24.8 Å². The quantitative estimate of drug-likeness (QED) is 0.244. The van der Waals surface area contributed by atoms with Crippen molar-refractivity contribution >= 4 is 28.7 Å². The lowest BCUT2D eigenvalue weighted by Gasteiger charge is -2.23. The third-order valence-electron chi connectivity index (χ3n) is 5.78. The summed E-state index contributed by atoms with van der Waals surface area (Å²) in [6.07, 6.45) is 2.95. The van der Waals surface area contributed by atoms with E-state index in [-0.39, 0.29) is 33.5 Å². The summed E-state index contributed by atoms with van der Waals surface area (Å²) in [4.78, 5) is 47.7. The largest absolute Gasteiger partial charge is 0.410 e. The Morgan fingerprint density at radius 2 is 1.37 bits per heavy atom. The molecule has 1 amide bonds. The van der Waals surface area contributed by atoms with Crippen molar-refractivity contribution in [2.24, 2.45) is 5.16 Å². The predicted molar refractivity (Wildman–Crippen MR) is 125 cm³/mol. The van der Waals surface area contributed by atoms with Crippen LogP contribution < -0.4 is 0 Å². The van der Waals surface area contributed by atoms with Gasteiger partial charge in [-0.1, -0.05) is 31.8 Å². The van der Waals surface area contributed by atoms with Crippen LogP contribution in [0.25, 0.3) is 11.1 Å². The SMILES string of the molecule is CCCCN(CCCC)C(=O)c1cc([N+](=O)[O-])cc2c1-c1c(cc([N+](=O)[O-])cc1[N+](=O)[O-])/C2=N/O. The lowest BCUT2D eigenvalue weighted by Crippen LogP contribution is -2.33. The monoisotopic (exact) mass is 485 g/mol. The smallest absolute Gasteiger partial charge is 0.284 e. The molecule has 0 saturated carbocycles. The maximum absolute atomic E-state index is 13.7. The van der Waals surface area contributed by atoms with Crippen LogP contribution in [0.3, 0.4) is 0 Å². The van der Waals surface area contributed by atoms with E-state index >= 15 is 0 Å². The second-order valence-electron chi connectivity index (χ2n) is 8.02. The molecule has 13 heteroatoms. The van der Waals surface area contributed by atoms with Crippen LogP contribution >= 0.6 is 0 Å². The molecule has 1 N–H and O–H groups in total. The number of unbranched alkanes of at least 4 members (excludes halogenated alkanes) is 2. The number of nitro groups is 3. The molecule has 0 radical (unpaired) electrons. The van der Waals surface area contributed by atoms with Crippen LogP contribution in [0.1, 0.15) is 61.0 Å². The van der Waals surface area contributed by atoms with Gasteiger partial charge in [-0.15, -0.1) is 0 Å². The van der Waals surface area contributed by atoms with Crippen molar-refractivity contribution in [2.75, 3.05) is 13.1 Å². The zero-order valence-corrected chi connectivity index (χ0v) is 19.1. The van der Waals surface area contributed by atoms with Crippen LogP contribution in [0.2, 0.25) is 0 Å². The summed E-state index contributed by atoms with van der Waals surface area (Å²) in [5.74, 6) is -0.565. The second-order valence-corrected chi connectivity index (χ2v) is 8.02. The van der Waals surface area contributed by atoms with E-state index in [1.807, 2.05) is 13.8 Å². The Balaban J connectivity index is 2.37. The van der Waals surface area contributed by atoms with Crippen molar-refractivity contribution in [1.82, 2.24) is 4.90 Å².